The third-order valence-corrected chi connectivity index (χ3v) is 3.63. The van der Waals surface area contributed by atoms with Crippen molar-refractivity contribution >= 4 is 17.8 Å². The molecule has 0 aliphatic rings. The zero-order valence-corrected chi connectivity index (χ0v) is 16.1. The number of alkyl halides is 3. The Morgan fingerprint density at radius 3 is 2.07 bits per heavy atom. The topological polar surface area (TPSA) is 119 Å². The van der Waals surface area contributed by atoms with Gasteiger partial charge in [-0.05, 0) is 37.5 Å². The summed E-state index contributed by atoms with van der Waals surface area (Å²) < 4.78 is 49.2. The Hall–Kier alpha value is -2.69. The van der Waals surface area contributed by atoms with E-state index in [4.69, 9.17) is 15.6 Å². The van der Waals surface area contributed by atoms with Crippen molar-refractivity contribution < 1.29 is 41.8 Å². The molecule has 1 aromatic carbocycles. The molecule has 164 valence electrons. The molecule has 3 atom stereocenters. The summed E-state index contributed by atoms with van der Waals surface area (Å²) in [6.45, 7) is 3.51. The number of methoxy groups -OCH3 is 1. The maximum Gasteiger partial charge on any atom is 0.490 e. The fourth-order valence-electron chi connectivity index (χ4n) is 2.16. The van der Waals surface area contributed by atoms with Gasteiger partial charge in [0.1, 0.15) is 5.82 Å². The first-order valence-corrected chi connectivity index (χ1v) is 8.46. The molecule has 0 heterocycles. The van der Waals surface area contributed by atoms with Crippen LogP contribution in [-0.2, 0) is 25.5 Å². The van der Waals surface area contributed by atoms with Crippen molar-refractivity contribution in [3.63, 3.8) is 0 Å². The van der Waals surface area contributed by atoms with Crippen LogP contribution in [0.25, 0.3) is 0 Å². The van der Waals surface area contributed by atoms with E-state index in [1.807, 2.05) is 6.92 Å². The number of aliphatic carboxylic acids is 1. The van der Waals surface area contributed by atoms with Gasteiger partial charge in [-0.1, -0.05) is 19.1 Å². The number of nitrogens with two attached hydrogens (primary N) is 1. The van der Waals surface area contributed by atoms with Crippen molar-refractivity contribution in [3.8, 4) is 0 Å². The second-order valence-electron chi connectivity index (χ2n) is 6.31. The van der Waals surface area contributed by atoms with Gasteiger partial charge in [0.25, 0.3) is 0 Å². The number of carboxylic acid groups (broad SMARTS) is 1. The van der Waals surface area contributed by atoms with Gasteiger partial charge in [-0.3, -0.25) is 9.59 Å². The van der Waals surface area contributed by atoms with E-state index in [9.17, 15) is 27.2 Å². The fourth-order valence-corrected chi connectivity index (χ4v) is 2.16. The van der Waals surface area contributed by atoms with Crippen LogP contribution in [0.5, 0.6) is 0 Å². The van der Waals surface area contributed by atoms with E-state index in [0.29, 0.717) is 6.42 Å². The molecule has 0 spiro atoms. The molecule has 1 rings (SSSR count). The zero-order chi connectivity index (χ0) is 22.8. The molecule has 1 aromatic rings. The van der Waals surface area contributed by atoms with Gasteiger partial charge < -0.3 is 20.9 Å². The summed E-state index contributed by atoms with van der Waals surface area (Å²) in [6.07, 6.45) is -4.28. The summed E-state index contributed by atoms with van der Waals surface area (Å²) in [5.74, 6) is -4.18. The van der Waals surface area contributed by atoms with Gasteiger partial charge in [0.05, 0.1) is 19.1 Å². The van der Waals surface area contributed by atoms with E-state index in [0.717, 1.165) is 5.56 Å². The highest BCUT2D eigenvalue weighted by molar-refractivity contribution is 5.82. The third-order valence-electron chi connectivity index (χ3n) is 3.63. The Kier molecular flexibility index (Phi) is 10.9. The smallest absolute Gasteiger partial charge is 0.475 e. The van der Waals surface area contributed by atoms with Crippen LogP contribution in [0.3, 0.4) is 0 Å². The van der Waals surface area contributed by atoms with Gasteiger partial charge >= 0.3 is 18.1 Å². The lowest BCUT2D eigenvalue weighted by Crippen LogP contribution is -2.46. The van der Waals surface area contributed by atoms with Gasteiger partial charge in [0.2, 0.25) is 5.91 Å². The molecule has 0 radical (unpaired) electrons. The summed E-state index contributed by atoms with van der Waals surface area (Å²) in [6, 6.07) is 5.21. The van der Waals surface area contributed by atoms with Gasteiger partial charge in [-0.15, -0.1) is 0 Å². The minimum absolute atomic E-state index is 0.141. The average Bonchev–Trinajstić information content (AvgIpc) is 2.62. The lowest BCUT2D eigenvalue weighted by atomic mass is 10.0. The lowest BCUT2D eigenvalue weighted by Gasteiger charge is -2.19. The molecule has 0 saturated carbocycles. The van der Waals surface area contributed by atoms with E-state index in [1.165, 1.54) is 19.2 Å². The highest BCUT2D eigenvalue weighted by atomic mass is 19.4. The Morgan fingerprint density at radius 2 is 1.66 bits per heavy atom. The molecule has 0 saturated heterocycles. The van der Waals surface area contributed by atoms with Crippen LogP contribution in [0.4, 0.5) is 17.6 Å². The highest BCUT2D eigenvalue weighted by Crippen LogP contribution is 2.13. The van der Waals surface area contributed by atoms with E-state index in [-0.39, 0.29) is 30.2 Å². The maximum absolute atomic E-state index is 12.8. The van der Waals surface area contributed by atoms with Gasteiger partial charge in [0.15, 0.2) is 0 Å². The van der Waals surface area contributed by atoms with Gasteiger partial charge in [-0.25, -0.2) is 9.18 Å². The van der Waals surface area contributed by atoms with Crippen LogP contribution in [-0.4, -0.2) is 48.3 Å². The van der Waals surface area contributed by atoms with E-state index in [1.54, 1.807) is 19.1 Å². The minimum atomic E-state index is -5.08. The van der Waals surface area contributed by atoms with Crippen molar-refractivity contribution in [3.05, 3.63) is 35.6 Å². The first-order chi connectivity index (χ1) is 13.3. The number of hydrogen-bond acceptors (Lipinski definition) is 5. The molecular formula is C18H24F4N2O5. The first-order valence-electron chi connectivity index (χ1n) is 8.46. The summed E-state index contributed by atoms with van der Waals surface area (Å²) in [7, 11) is 1.30. The van der Waals surface area contributed by atoms with E-state index in [2.05, 4.69) is 10.1 Å². The van der Waals surface area contributed by atoms with Crippen LogP contribution in [0.1, 0.15) is 25.8 Å². The Bertz CT molecular complexity index is 680. The number of nitrogens with one attached hydrogen (secondary N) is 1. The standard InChI is InChI=1S/C16H23FN2O3.C2HF3O2/c1-10(16(21)22-3)8-14(18)15(20)19-11(2)9-12-4-6-13(17)7-5-12;3-2(4,5)1(6)7/h4-7,10-11,14H,8-9,18H2,1-3H3,(H,19,20);(H,6,7)/t10-,11?,14-;/m0./s1. The predicted octanol–water partition coefficient (Wildman–Crippen LogP) is 2.03. The van der Waals surface area contributed by atoms with Crippen LogP contribution >= 0.6 is 0 Å². The molecular weight excluding hydrogens is 400 g/mol. The normalized spacial score (nSPS) is 13.9. The highest BCUT2D eigenvalue weighted by Gasteiger charge is 2.38. The Labute approximate surface area is 165 Å². The molecule has 0 aromatic heterocycles. The number of rotatable bonds is 7. The summed E-state index contributed by atoms with van der Waals surface area (Å²) >= 11 is 0. The summed E-state index contributed by atoms with van der Waals surface area (Å²) in [5.41, 5.74) is 6.72. The molecule has 0 fully saturated rings. The van der Waals surface area contributed by atoms with Gasteiger partial charge in [-0.2, -0.15) is 13.2 Å². The van der Waals surface area contributed by atoms with Crippen LogP contribution < -0.4 is 11.1 Å². The number of halogens is 4. The predicted molar refractivity (Wildman–Crippen MR) is 95.2 cm³/mol. The number of amides is 1. The molecule has 7 nitrogen and oxygen atoms in total. The van der Waals surface area contributed by atoms with Crippen molar-refractivity contribution in [1.29, 1.82) is 0 Å². The number of carbonyl (C=O) groups excluding carboxylic acids is 2. The number of esters is 1. The van der Waals surface area contributed by atoms with Crippen molar-refractivity contribution in [2.24, 2.45) is 11.7 Å². The SMILES string of the molecule is COC(=O)[C@@H](C)C[C@H](N)C(=O)NC(C)Cc1ccc(F)cc1.O=C(O)C(F)(F)F. The van der Waals surface area contributed by atoms with Crippen LogP contribution in [0.2, 0.25) is 0 Å². The molecule has 4 N–H and O–H groups in total. The second kappa shape index (κ2) is 12.0. The van der Waals surface area contributed by atoms with E-state index < -0.39 is 24.1 Å². The summed E-state index contributed by atoms with van der Waals surface area (Å²) in [5, 5.41) is 9.92. The number of carboxylic acids is 1. The van der Waals surface area contributed by atoms with Gasteiger partial charge in [0, 0.05) is 6.04 Å². The van der Waals surface area contributed by atoms with Crippen molar-refractivity contribution in [1.82, 2.24) is 5.32 Å². The van der Waals surface area contributed by atoms with Crippen molar-refractivity contribution in [2.75, 3.05) is 7.11 Å². The molecule has 1 amide bonds. The lowest BCUT2D eigenvalue weighted by molar-refractivity contribution is -0.192. The average molecular weight is 424 g/mol. The number of hydrogen-bond donors (Lipinski definition) is 3. The Morgan fingerprint density at radius 1 is 1.17 bits per heavy atom. The molecule has 0 aliphatic carbocycles. The fraction of sp³-hybridized carbons (Fsp3) is 0.500. The maximum atomic E-state index is 12.8. The number of ether oxygens (including phenoxy) is 1. The second-order valence-corrected chi connectivity index (χ2v) is 6.31. The van der Waals surface area contributed by atoms with Crippen molar-refractivity contribution in [2.45, 2.75) is 44.9 Å². The number of benzene rings is 1. The quantitative estimate of drug-likeness (QED) is 0.455. The Balaban J connectivity index is 0.000000956. The monoisotopic (exact) mass is 424 g/mol. The molecule has 0 aliphatic heterocycles. The molecule has 0 bridgehead atoms. The molecule has 29 heavy (non-hydrogen) atoms. The van der Waals surface area contributed by atoms with E-state index >= 15 is 0 Å². The molecule has 1 unspecified atom stereocenters. The first kappa shape index (κ1) is 26.3. The number of carbonyl (C=O) groups is 3. The third kappa shape index (κ3) is 11.0. The zero-order valence-electron chi connectivity index (χ0n) is 16.1. The van der Waals surface area contributed by atoms with Crippen LogP contribution in [0, 0.1) is 11.7 Å². The summed E-state index contributed by atoms with van der Waals surface area (Å²) in [4.78, 5) is 32.2. The van der Waals surface area contributed by atoms with Crippen LogP contribution in [0.15, 0.2) is 24.3 Å². The largest absolute Gasteiger partial charge is 0.490 e. The minimum Gasteiger partial charge on any atom is -0.475 e. The molecule has 11 heteroatoms.